The van der Waals surface area contributed by atoms with Crippen LogP contribution in [0.2, 0.25) is 10.0 Å². The van der Waals surface area contributed by atoms with Gasteiger partial charge in [-0.1, -0.05) is 116 Å². The van der Waals surface area contributed by atoms with E-state index in [1.54, 1.807) is 18.2 Å². The Bertz CT molecular complexity index is 867. The maximum Gasteiger partial charge on any atom is 0.437 e. The fourth-order valence-corrected chi connectivity index (χ4v) is 3.70. The van der Waals surface area contributed by atoms with Gasteiger partial charge in [0, 0.05) is 5.69 Å². The van der Waals surface area contributed by atoms with E-state index in [0.29, 0.717) is 15.7 Å². The fraction of sp³-hybridized carbons (Fsp3) is 0.462. The van der Waals surface area contributed by atoms with Crippen molar-refractivity contribution in [3.63, 3.8) is 0 Å². The van der Waals surface area contributed by atoms with Crippen molar-refractivity contribution in [3.8, 4) is 0 Å². The molecule has 1 N–H and O–H groups in total. The Labute approximate surface area is 202 Å². The third-order valence-electron chi connectivity index (χ3n) is 5.31. The quantitative estimate of drug-likeness (QED) is 0.135. The second-order valence-electron chi connectivity index (χ2n) is 8.12. The smallest absolute Gasteiger partial charge is 0.297 e. The van der Waals surface area contributed by atoms with Gasteiger partial charge >= 0.3 is 6.09 Å². The number of oxime groups is 1. The molecule has 174 valence electrons. The standard InChI is InChI=1S/C26H34Cl2N2O2/c1-3-4-5-6-7-8-9-10-11-12-25(21-15-13-20(2)14-16-21)30-32-26(31)29-22-17-18-23(27)24(28)19-22/h13-19H,3-12H2,1-2H3,(H,29,31)/b30-25-. The van der Waals surface area contributed by atoms with E-state index in [0.717, 1.165) is 30.5 Å². The minimum atomic E-state index is -0.667. The van der Waals surface area contributed by atoms with Gasteiger partial charge in [0.15, 0.2) is 0 Å². The molecule has 6 heteroatoms. The summed E-state index contributed by atoms with van der Waals surface area (Å²) in [5.41, 5.74) is 3.42. The van der Waals surface area contributed by atoms with Crippen molar-refractivity contribution in [2.45, 2.75) is 78.1 Å². The van der Waals surface area contributed by atoms with Gasteiger partial charge in [0.1, 0.15) is 0 Å². The van der Waals surface area contributed by atoms with E-state index in [1.807, 2.05) is 31.2 Å². The largest absolute Gasteiger partial charge is 0.437 e. The molecule has 0 heterocycles. The molecular formula is C26H34Cl2N2O2. The van der Waals surface area contributed by atoms with Crippen LogP contribution >= 0.6 is 23.2 Å². The summed E-state index contributed by atoms with van der Waals surface area (Å²) in [4.78, 5) is 17.4. The van der Waals surface area contributed by atoms with Crippen molar-refractivity contribution in [2.24, 2.45) is 5.16 Å². The van der Waals surface area contributed by atoms with Gasteiger partial charge in [-0.05, 0) is 43.5 Å². The number of nitrogens with one attached hydrogen (secondary N) is 1. The lowest BCUT2D eigenvalue weighted by Crippen LogP contribution is -2.13. The van der Waals surface area contributed by atoms with Crippen molar-refractivity contribution in [3.05, 3.63) is 63.6 Å². The highest BCUT2D eigenvalue weighted by Gasteiger charge is 2.09. The molecule has 0 aliphatic rings. The molecule has 4 nitrogen and oxygen atoms in total. The SMILES string of the molecule is CCCCCCCCCCC/C(=N/OC(=O)Nc1ccc(Cl)c(Cl)c1)c1ccc(C)cc1. The van der Waals surface area contributed by atoms with Crippen LogP contribution in [0.5, 0.6) is 0 Å². The summed E-state index contributed by atoms with van der Waals surface area (Å²) in [7, 11) is 0. The second kappa shape index (κ2) is 14.9. The van der Waals surface area contributed by atoms with Crippen LogP contribution in [0, 0.1) is 6.92 Å². The van der Waals surface area contributed by atoms with Gasteiger partial charge in [0.05, 0.1) is 15.8 Å². The van der Waals surface area contributed by atoms with Gasteiger partial charge in [-0.3, -0.25) is 10.2 Å². The molecule has 0 spiro atoms. The molecule has 0 radical (unpaired) electrons. The highest BCUT2D eigenvalue weighted by atomic mass is 35.5. The molecule has 2 aromatic carbocycles. The van der Waals surface area contributed by atoms with E-state index in [2.05, 4.69) is 17.4 Å². The summed E-state index contributed by atoms with van der Waals surface area (Å²) in [6.07, 6.45) is 11.4. The van der Waals surface area contributed by atoms with E-state index in [-0.39, 0.29) is 0 Å². The molecule has 0 atom stereocenters. The summed E-state index contributed by atoms with van der Waals surface area (Å²) < 4.78 is 0. The Morgan fingerprint density at radius 1 is 0.875 bits per heavy atom. The first kappa shape index (κ1) is 26.2. The number of hydrogen-bond acceptors (Lipinski definition) is 3. The zero-order valence-corrected chi connectivity index (χ0v) is 20.6. The molecule has 2 rings (SSSR count). The van der Waals surface area contributed by atoms with Crippen LogP contribution in [0.1, 0.15) is 82.3 Å². The second-order valence-corrected chi connectivity index (χ2v) is 8.93. The topological polar surface area (TPSA) is 50.7 Å². The van der Waals surface area contributed by atoms with Crippen molar-refractivity contribution >= 4 is 40.7 Å². The maximum atomic E-state index is 12.2. The van der Waals surface area contributed by atoms with E-state index < -0.39 is 6.09 Å². The normalized spacial score (nSPS) is 11.4. The predicted octanol–water partition coefficient (Wildman–Crippen LogP) is 9.18. The van der Waals surface area contributed by atoms with Gasteiger partial charge in [0.2, 0.25) is 0 Å². The molecule has 0 fully saturated rings. The lowest BCUT2D eigenvalue weighted by atomic mass is 10.0. The lowest BCUT2D eigenvalue weighted by molar-refractivity contribution is 0.166. The molecule has 0 aliphatic heterocycles. The Hall–Kier alpha value is -2.04. The number of halogens is 2. The Kier molecular flexibility index (Phi) is 12.2. The van der Waals surface area contributed by atoms with E-state index in [1.165, 1.54) is 50.5 Å². The molecule has 0 aliphatic carbocycles. The van der Waals surface area contributed by atoms with Crippen LogP contribution in [0.25, 0.3) is 0 Å². The molecular weight excluding hydrogens is 443 g/mol. The van der Waals surface area contributed by atoms with Crippen molar-refractivity contribution in [1.82, 2.24) is 0 Å². The number of carbonyl (C=O) groups excluding carboxylic acids is 1. The highest BCUT2D eigenvalue weighted by Crippen LogP contribution is 2.25. The molecule has 2 aromatic rings. The number of nitrogens with zero attached hydrogens (tertiary/aromatic N) is 1. The fourth-order valence-electron chi connectivity index (χ4n) is 3.40. The summed E-state index contributed by atoms with van der Waals surface area (Å²) >= 11 is 11.9. The summed E-state index contributed by atoms with van der Waals surface area (Å²) in [5, 5.41) is 7.57. The summed E-state index contributed by atoms with van der Waals surface area (Å²) in [6.45, 7) is 4.29. The number of unbranched alkanes of at least 4 members (excludes halogenated alkanes) is 8. The number of amides is 1. The summed E-state index contributed by atoms with van der Waals surface area (Å²) in [6, 6.07) is 12.9. The van der Waals surface area contributed by atoms with Gasteiger partial charge in [0.25, 0.3) is 0 Å². The molecule has 0 saturated heterocycles. The van der Waals surface area contributed by atoms with Crippen molar-refractivity contribution in [2.75, 3.05) is 5.32 Å². The minimum Gasteiger partial charge on any atom is -0.297 e. The van der Waals surface area contributed by atoms with Crippen LogP contribution < -0.4 is 5.32 Å². The monoisotopic (exact) mass is 476 g/mol. The maximum absolute atomic E-state index is 12.2. The third-order valence-corrected chi connectivity index (χ3v) is 6.05. The number of aryl methyl sites for hydroxylation is 1. The number of hydrogen-bond donors (Lipinski definition) is 1. The van der Waals surface area contributed by atoms with Crippen molar-refractivity contribution < 1.29 is 9.63 Å². The van der Waals surface area contributed by atoms with E-state index >= 15 is 0 Å². The predicted molar refractivity (Wildman–Crippen MR) is 136 cm³/mol. The van der Waals surface area contributed by atoms with Crippen LogP contribution in [0.15, 0.2) is 47.6 Å². The summed E-state index contributed by atoms with van der Waals surface area (Å²) in [5.74, 6) is 0. The average Bonchev–Trinajstić information content (AvgIpc) is 2.78. The zero-order chi connectivity index (χ0) is 23.2. The van der Waals surface area contributed by atoms with E-state index in [4.69, 9.17) is 28.0 Å². The van der Waals surface area contributed by atoms with Crippen LogP contribution in [0.4, 0.5) is 10.5 Å². The van der Waals surface area contributed by atoms with Crippen molar-refractivity contribution in [1.29, 1.82) is 0 Å². The third kappa shape index (κ3) is 10.1. The first-order valence-corrected chi connectivity index (χ1v) is 12.3. The number of rotatable bonds is 13. The van der Waals surface area contributed by atoms with Crippen LogP contribution in [-0.4, -0.2) is 11.8 Å². The van der Waals surface area contributed by atoms with Crippen LogP contribution in [0.3, 0.4) is 0 Å². The van der Waals surface area contributed by atoms with Gasteiger partial charge in [-0.2, -0.15) is 0 Å². The Balaban J connectivity index is 1.87. The Morgan fingerprint density at radius 3 is 2.12 bits per heavy atom. The molecule has 0 saturated carbocycles. The first-order valence-electron chi connectivity index (χ1n) is 11.6. The molecule has 32 heavy (non-hydrogen) atoms. The molecule has 1 amide bonds. The first-order chi connectivity index (χ1) is 15.5. The van der Waals surface area contributed by atoms with Gasteiger partial charge < -0.3 is 0 Å². The van der Waals surface area contributed by atoms with E-state index in [9.17, 15) is 4.79 Å². The molecule has 0 unspecified atom stereocenters. The van der Waals surface area contributed by atoms with Gasteiger partial charge in [-0.15, -0.1) is 0 Å². The molecule has 0 aromatic heterocycles. The number of benzene rings is 2. The number of anilines is 1. The zero-order valence-electron chi connectivity index (χ0n) is 19.1. The van der Waals surface area contributed by atoms with Crippen LogP contribution in [-0.2, 0) is 4.84 Å². The molecule has 0 bridgehead atoms. The van der Waals surface area contributed by atoms with Gasteiger partial charge in [-0.25, -0.2) is 4.79 Å². The highest BCUT2D eigenvalue weighted by molar-refractivity contribution is 6.42. The lowest BCUT2D eigenvalue weighted by Gasteiger charge is -2.08. The number of carbonyl (C=O) groups is 1. The minimum absolute atomic E-state index is 0.360. The Morgan fingerprint density at radius 2 is 1.50 bits per heavy atom. The average molecular weight is 477 g/mol.